The predicted octanol–water partition coefficient (Wildman–Crippen LogP) is 4.20. The van der Waals surface area contributed by atoms with Crippen molar-refractivity contribution in [3.8, 4) is 0 Å². The third kappa shape index (κ3) is 3.34. The van der Waals surface area contributed by atoms with Crippen LogP contribution < -0.4 is 5.32 Å². The van der Waals surface area contributed by atoms with Crippen molar-refractivity contribution in [1.29, 1.82) is 0 Å². The van der Waals surface area contributed by atoms with E-state index in [2.05, 4.69) is 10.3 Å². The Labute approximate surface area is 174 Å². The van der Waals surface area contributed by atoms with Crippen LogP contribution in [0.25, 0.3) is 10.9 Å². The number of benzene rings is 2. The molecule has 1 N–H and O–H groups in total. The first kappa shape index (κ1) is 19.8. The van der Waals surface area contributed by atoms with Gasteiger partial charge in [0, 0.05) is 16.6 Å². The maximum atomic E-state index is 12.8. The summed E-state index contributed by atoms with van der Waals surface area (Å²) in [4.78, 5) is 41.8. The van der Waals surface area contributed by atoms with Crippen molar-refractivity contribution in [2.45, 2.75) is 33.1 Å². The summed E-state index contributed by atoms with van der Waals surface area (Å²) in [7, 11) is 0. The van der Waals surface area contributed by atoms with Crippen LogP contribution >= 0.6 is 0 Å². The van der Waals surface area contributed by atoms with E-state index in [0.717, 1.165) is 22.0 Å². The summed E-state index contributed by atoms with van der Waals surface area (Å²) in [6, 6.07) is 12.7. The maximum absolute atomic E-state index is 12.8. The molecule has 6 heteroatoms. The molecule has 30 heavy (non-hydrogen) atoms. The van der Waals surface area contributed by atoms with Crippen molar-refractivity contribution < 1.29 is 19.1 Å². The Bertz CT molecular complexity index is 1200. The minimum Gasteiger partial charge on any atom is -0.454 e. The number of nitrogens with zero attached hydrogens (tertiary/aromatic N) is 1. The van der Waals surface area contributed by atoms with Crippen LogP contribution in [0.2, 0.25) is 0 Å². The van der Waals surface area contributed by atoms with E-state index in [0.29, 0.717) is 28.9 Å². The summed E-state index contributed by atoms with van der Waals surface area (Å²) < 4.78 is 5.37. The van der Waals surface area contributed by atoms with Crippen molar-refractivity contribution in [1.82, 2.24) is 4.98 Å². The molecule has 6 nitrogen and oxygen atoms in total. The number of esters is 1. The molecule has 1 aliphatic rings. The highest BCUT2D eigenvalue weighted by Gasteiger charge is 2.27. The fourth-order valence-corrected chi connectivity index (χ4v) is 3.84. The van der Waals surface area contributed by atoms with Crippen molar-refractivity contribution >= 4 is 34.3 Å². The number of rotatable bonds is 5. The number of carbonyl (C=O) groups is 3. The molecule has 0 spiro atoms. The van der Waals surface area contributed by atoms with Crippen LogP contribution in [0, 0.1) is 6.92 Å². The molecule has 0 unspecified atom stereocenters. The van der Waals surface area contributed by atoms with Crippen LogP contribution in [-0.2, 0) is 16.0 Å². The molecule has 4 rings (SSSR count). The van der Waals surface area contributed by atoms with Gasteiger partial charge < -0.3 is 10.1 Å². The Balaban J connectivity index is 1.55. The number of amides is 1. The average molecular weight is 402 g/mol. The van der Waals surface area contributed by atoms with Crippen LogP contribution in [0.15, 0.2) is 42.5 Å². The van der Waals surface area contributed by atoms with Crippen molar-refractivity contribution in [3.05, 3.63) is 70.4 Å². The van der Waals surface area contributed by atoms with Crippen molar-refractivity contribution in [3.63, 3.8) is 0 Å². The van der Waals surface area contributed by atoms with E-state index in [1.165, 1.54) is 0 Å². The Kier molecular flexibility index (Phi) is 5.08. The number of aromatic nitrogens is 1. The molecule has 2 aromatic carbocycles. The van der Waals surface area contributed by atoms with Gasteiger partial charge in [0.2, 0.25) is 5.91 Å². The fraction of sp³-hybridized carbons (Fsp3) is 0.250. The van der Waals surface area contributed by atoms with Gasteiger partial charge in [-0.2, -0.15) is 0 Å². The molecule has 3 aromatic rings. The van der Waals surface area contributed by atoms with Gasteiger partial charge in [0.25, 0.3) is 0 Å². The van der Waals surface area contributed by atoms with E-state index in [9.17, 15) is 14.4 Å². The number of carbonyl (C=O) groups excluding carboxylic acids is 3. The first-order valence-electron chi connectivity index (χ1n) is 9.94. The highest BCUT2D eigenvalue weighted by atomic mass is 16.5. The van der Waals surface area contributed by atoms with Gasteiger partial charge >= 0.3 is 5.97 Å². The van der Waals surface area contributed by atoms with Gasteiger partial charge in [-0.25, -0.2) is 4.79 Å². The quantitative estimate of drug-likeness (QED) is 0.511. The molecule has 0 radical (unpaired) electrons. The molecule has 0 saturated carbocycles. The largest absolute Gasteiger partial charge is 0.454 e. The molecule has 1 amide bonds. The Morgan fingerprint density at radius 1 is 1.17 bits per heavy atom. The lowest BCUT2D eigenvalue weighted by Gasteiger charge is -2.13. The Hall–Kier alpha value is -3.54. The molecule has 152 valence electrons. The second-order valence-electron chi connectivity index (χ2n) is 7.44. The number of fused-ring (bicyclic) bond motifs is 2. The molecule has 0 bridgehead atoms. The van der Waals surface area contributed by atoms with Gasteiger partial charge in [-0.1, -0.05) is 25.1 Å². The van der Waals surface area contributed by atoms with Gasteiger partial charge in [0.05, 0.1) is 22.7 Å². The number of ether oxygens (including phenoxy) is 1. The number of anilines is 1. The first-order chi connectivity index (χ1) is 14.4. The molecule has 2 heterocycles. The van der Waals surface area contributed by atoms with Gasteiger partial charge in [0.15, 0.2) is 12.4 Å². The predicted molar refractivity (Wildman–Crippen MR) is 114 cm³/mol. The minimum absolute atomic E-state index is 0.0904. The standard InChI is InChI=1S/C24H22N2O4/c1-4-18-22(13(2)16-7-5-6-8-19(16)25-18)24(29)30-12-21(27)15-9-10-20-17(11-15)14(3)23(28)26-20/h5-11,14H,4,12H2,1-3H3,(H,26,28)/t14-/m0/s1. The van der Waals surface area contributed by atoms with E-state index in [4.69, 9.17) is 4.74 Å². The Morgan fingerprint density at radius 3 is 2.70 bits per heavy atom. The summed E-state index contributed by atoms with van der Waals surface area (Å²) in [5, 5.41) is 3.66. The molecule has 0 saturated heterocycles. The zero-order chi connectivity index (χ0) is 21.4. The van der Waals surface area contributed by atoms with E-state index in [1.807, 2.05) is 38.1 Å². The normalized spacial score (nSPS) is 15.0. The number of nitrogens with one attached hydrogen (secondary N) is 1. The molecule has 1 aromatic heterocycles. The molecular weight excluding hydrogens is 380 g/mol. The summed E-state index contributed by atoms with van der Waals surface area (Å²) in [6.07, 6.45) is 0.577. The lowest BCUT2D eigenvalue weighted by Crippen LogP contribution is -2.17. The second kappa shape index (κ2) is 7.71. The number of hydrogen-bond acceptors (Lipinski definition) is 5. The van der Waals surface area contributed by atoms with Gasteiger partial charge in [-0.05, 0) is 55.7 Å². The molecular formula is C24H22N2O4. The lowest BCUT2D eigenvalue weighted by molar-refractivity contribution is -0.116. The number of para-hydroxylation sites is 1. The van der Waals surface area contributed by atoms with Crippen LogP contribution in [0.1, 0.15) is 57.3 Å². The van der Waals surface area contributed by atoms with Crippen LogP contribution in [0.5, 0.6) is 0 Å². The summed E-state index contributed by atoms with van der Waals surface area (Å²) in [6.45, 7) is 5.22. The topological polar surface area (TPSA) is 85.4 Å². The van der Waals surface area contributed by atoms with Crippen LogP contribution in [0.3, 0.4) is 0 Å². The third-order valence-electron chi connectivity index (χ3n) is 5.59. The number of hydrogen-bond donors (Lipinski definition) is 1. The molecule has 1 aliphatic heterocycles. The summed E-state index contributed by atoms with van der Waals surface area (Å²) in [5.41, 5.74) is 4.60. The zero-order valence-electron chi connectivity index (χ0n) is 17.1. The maximum Gasteiger partial charge on any atom is 0.340 e. The molecule has 0 fully saturated rings. The summed E-state index contributed by atoms with van der Waals surface area (Å²) in [5.74, 6) is -1.27. The van der Waals surface area contributed by atoms with E-state index in [1.54, 1.807) is 25.1 Å². The van der Waals surface area contributed by atoms with E-state index >= 15 is 0 Å². The lowest BCUT2D eigenvalue weighted by atomic mass is 9.99. The number of aryl methyl sites for hydroxylation is 2. The van der Waals surface area contributed by atoms with Crippen molar-refractivity contribution in [2.24, 2.45) is 0 Å². The molecule has 0 aliphatic carbocycles. The van der Waals surface area contributed by atoms with Crippen LogP contribution in [-0.4, -0.2) is 29.3 Å². The Morgan fingerprint density at radius 2 is 1.93 bits per heavy atom. The van der Waals surface area contributed by atoms with E-state index in [-0.39, 0.29) is 24.2 Å². The zero-order valence-corrected chi connectivity index (χ0v) is 17.1. The highest BCUT2D eigenvalue weighted by Crippen LogP contribution is 2.32. The van der Waals surface area contributed by atoms with Gasteiger partial charge in [-0.15, -0.1) is 0 Å². The number of Topliss-reactive ketones (excluding diaryl/α,β-unsaturated/α-hetero) is 1. The van der Waals surface area contributed by atoms with Gasteiger partial charge in [-0.3, -0.25) is 14.6 Å². The second-order valence-corrected chi connectivity index (χ2v) is 7.44. The van der Waals surface area contributed by atoms with Crippen molar-refractivity contribution in [2.75, 3.05) is 11.9 Å². The first-order valence-corrected chi connectivity index (χ1v) is 9.94. The van der Waals surface area contributed by atoms with Crippen LogP contribution in [0.4, 0.5) is 5.69 Å². The third-order valence-corrected chi connectivity index (χ3v) is 5.59. The minimum atomic E-state index is -0.553. The smallest absolute Gasteiger partial charge is 0.340 e. The SMILES string of the molecule is CCc1nc2ccccc2c(C)c1C(=O)OCC(=O)c1ccc2c(c1)[C@H](C)C(=O)N2. The number of ketones is 1. The van der Waals surface area contributed by atoms with Gasteiger partial charge in [0.1, 0.15) is 0 Å². The molecule has 1 atom stereocenters. The fourth-order valence-electron chi connectivity index (χ4n) is 3.84. The highest BCUT2D eigenvalue weighted by molar-refractivity contribution is 6.05. The summed E-state index contributed by atoms with van der Waals surface area (Å²) >= 11 is 0. The monoisotopic (exact) mass is 402 g/mol. The number of pyridine rings is 1. The van der Waals surface area contributed by atoms with E-state index < -0.39 is 5.97 Å². The average Bonchev–Trinajstić information content (AvgIpc) is 3.04.